The van der Waals surface area contributed by atoms with Gasteiger partial charge < -0.3 is 5.32 Å². The van der Waals surface area contributed by atoms with Crippen molar-refractivity contribution in [1.82, 2.24) is 5.32 Å². The maximum absolute atomic E-state index is 12.2. The molecule has 19 heavy (non-hydrogen) atoms. The van der Waals surface area contributed by atoms with E-state index < -0.39 is 0 Å². The zero-order valence-corrected chi connectivity index (χ0v) is 13.3. The van der Waals surface area contributed by atoms with Gasteiger partial charge in [0.15, 0.2) is 0 Å². The van der Waals surface area contributed by atoms with Gasteiger partial charge in [-0.1, -0.05) is 46.1 Å². The van der Waals surface area contributed by atoms with Crippen molar-refractivity contribution in [3.8, 4) is 0 Å². The first-order valence-corrected chi connectivity index (χ1v) is 8.13. The largest absolute Gasteiger partial charge is 0.353 e. The third-order valence-corrected chi connectivity index (χ3v) is 4.89. The predicted octanol–water partition coefficient (Wildman–Crippen LogP) is 3.53. The Balaban J connectivity index is 1.95. The zero-order valence-electron chi connectivity index (χ0n) is 11.7. The van der Waals surface area contributed by atoms with Gasteiger partial charge in [0.1, 0.15) is 0 Å². The lowest BCUT2D eigenvalue weighted by Gasteiger charge is -2.19. The van der Waals surface area contributed by atoms with Gasteiger partial charge in [-0.05, 0) is 43.7 Å². The molecule has 1 N–H and O–H groups in total. The molecule has 0 spiro atoms. The molecule has 1 aromatic carbocycles. The number of nitrogens with one attached hydrogen (secondary N) is 1. The van der Waals surface area contributed by atoms with E-state index in [1.165, 1.54) is 24.0 Å². The molecule has 3 heteroatoms. The molecule has 0 heterocycles. The minimum atomic E-state index is 0.159. The van der Waals surface area contributed by atoms with Gasteiger partial charge in [-0.2, -0.15) is 0 Å². The number of benzene rings is 1. The van der Waals surface area contributed by atoms with E-state index >= 15 is 0 Å². The van der Waals surface area contributed by atoms with E-state index in [-0.39, 0.29) is 5.91 Å². The van der Waals surface area contributed by atoms with Crippen LogP contribution in [0.25, 0.3) is 0 Å². The first-order chi connectivity index (χ1) is 9.10. The van der Waals surface area contributed by atoms with Gasteiger partial charge in [-0.3, -0.25) is 4.79 Å². The first kappa shape index (κ1) is 14.6. The quantitative estimate of drug-likeness (QED) is 0.844. The number of alkyl halides is 1. The molecule has 2 rings (SSSR count). The lowest BCUT2D eigenvalue weighted by atomic mass is 10.0. The second-order valence-corrected chi connectivity index (χ2v) is 6.27. The second kappa shape index (κ2) is 6.56. The minimum absolute atomic E-state index is 0.159. The van der Waals surface area contributed by atoms with Gasteiger partial charge in [-0.25, -0.2) is 0 Å². The van der Waals surface area contributed by atoms with Crippen molar-refractivity contribution in [2.45, 2.75) is 45.6 Å². The lowest BCUT2D eigenvalue weighted by molar-refractivity contribution is -0.121. The molecule has 0 aromatic heterocycles. The van der Waals surface area contributed by atoms with Gasteiger partial charge in [-0.15, -0.1) is 0 Å². The standard InChI is InChI=1S/C16H22BrNO/c1-11-6-7-12(2)14(8-11)9-16(19)18-15-5-3-4-13(15)10-17/h6-8,13,15H,3-5,9-10H2,1-2H3,(H,18,19). The first-order valence-electron chi connectivity index (χ1n) is 7.01. The van der Waals surface area contributed by atoms with Crippen LogP contribution in [0.15, 0.2) is 18.2 Å². The summed E-state index contributed by atoms with van der Waals surface area (Å²) >= 11 is 3.54. The van der Waals surface area contributed by atoms with Gasteiger partial charge in [0, 0.05) is 11.4 Å². The number of aryl methyl sites for hydroxylation is 2. The molecule has 0 radical (unpaired) electrons. The molecular weight excluding hydrogens is 302 g/mol. The summed E-state index contributed by atoms with van der Waals surface area (Å²) in [5, 5.41) is 4.19. The summed E-state index contributed by atoms with van der Waals surface area (Å²) in [6.45, 7) is 4.14. The van der Waals surface area contributed by atoms with Crippen molar-refractivity contribution in [2.24, 2.45) is 5.92 Å². The Morgan fingerprint density at radius 3 is 2.89 bits per heavy atom. The number of amides is 1. The Labute approximate surface area is 124 Å². The summed E-state index contributed by atoms with van der Waals surface area (Å²) in [6.07, 6.45) is 4.07. The molecule has 104 valence electrons. The average Bonchev–Trinajstić information content (AvgIpc) is 2.81. The third kappa shape index (κ3) is 3.82. The molecular formula is C16H22BrNO. The van der Waals surface area contributed by atoms with Crippen LogP contribution in [0.5, 0.6) is 0 Å². The summed E-state index contributed by atoms with van der Waals surface area (Å²) in [5.74, 6) is 0.758. The van der Waals surface area contributed by atoms with Crippen LogP contribution in [0.1, 0.15) is 36.0 Å². The van der Waals surface area contributed by atoms with E-state index in [0.29, 0.717) is 18.4 Å². The molecule has 2 atom stereocenters. The van der Waals surface area contributed by atoms with Crippen molar-refractivity contribution in [3.63, 3.8) is 0 Å². The van der Waals surface area contributed by atoms with Crippen LogP contribution in [-0.4, -0.2) is 17.3 Å². The molecule has 1 aliphatic rings. The average molecular weight is 324 g/mol. The van der Waals surface area contributed by atoms with Crippen LogP contribution in [0.2, 0.25) is 0 Å². The van der Waals surface area contributed by atoms with E-state index in [1.807, 2.05) is 0 Å². The van der Waals surface area contributed by atoms with Crippen LogP contribution in [-0.2, 0) is 11.2 Å². The summed E-state index contributed by atoms with van der Waals surface area (Å²) in [6, 6.07) is 6.66. The molecule has 2 unspecified atom stereocenters. The van der Waals surface area contributed by atoms with Crippen molar-refractivity contribution in [2.75, 3.05) is 5.33 Å². The third-order valence-electron chi connectivity index (χ3n) is 4.06. The summed E-state index contributed by atoms with van der Waals surface area (Å²) in [7, 11) is 0. The van der Waals surface area contributed by atoms with Crippen LogP contribution in [0, 0.1) is 19.8 Å². The van der Waals surface area contributed by atoms with Gasteiger partial charge in [0.2, 0.25) is 5.91 Å². The van der Waals surface area contributed by atoms with Crippen molar-refractivity contribution in [3.05, 3.63) is 34.9 Å². The number of carbonyl (C=O) groups excluding carboxylic acids is 1. The molecule has 2 nitrogen and oxygen atoms in total. The summed E-state index contributed by atoms with van der Waals surface area (Å²) in [4.78, 5) is 12.2. The number of halogens is 1. The monoisotopic (exact) mass is 323 g/mol. The number of hydrogen-bond donors (Lipinski definition) is 1. The smallest absolute Gasteiger partial charge is 0.224 e. The minimum Gasteiger partial charge on any atom is -0.353 e. The molecule has 1 saturated carbocycles. The van der Waals surface area contributed by atoms with Crippen LogP contribution >= 0.6 is 15.9 Å². The molecule has 1 aliphatic carbocycles. The lowest BCUT2D eigenvalue weighted by Crippen LogP contribution is -2.38. The molecule has 0 saturated heterocycles. The SMILES string of the molecule is Cc1ccc(C)c(CC(=O)NC2CCCC2CBr)c1. The van der Waals surface area contributed by atoms with E-state index in [9.17, 15) is 4.79 Å². The fourth-order valence-electron chi connectivity index (χ4n) is 2.83. The van der Waals surface area contributed by atoms with Gasteiger partial charge in [0.25, 0.3) is 0 Å². The highest BCUT2D eigenvalue weighted by atomic mass is 79.9. The van der Waals surface area contributed by atoms with Crippen LogP contribution < -0.4 is 5.32 Å². The van der Waals surface area contributed by atoms with Crippen molar-refractivity contribution in [1.29, 1.82) is 0 Å². The summed E-state index contributed by atoms with van der Waals surface area (Å²) < 4.78 is 0. The van der Waals surface area contributed by atoms with Crippen LogP contribution in [0.4, 0.5) is 0 Å². The van der Waals surface area contributed by atoms with Crippen molar-refractivity contribution >= 4 is 21.8 Å². The number of carbonyl (C=O) groups is 1. The molecule has 1 fully saturated rings. The maximum atomic E-state index is 12.2. The number of rotatable bonds is 4. The Hall–Kier alpha value is -0.830. The van der Waals surface area contributed by atoms with Gasteiger partial charge >= 0.3 is 0 Å². The maximum Gasteiger partial charge on any atom is 0.224 e. The Morgan fingerprint density at radius 1 is 1.37 bits per heavy atom. The second-order valence-electron chi connectivity index (χ2n) is 5.63. The Morgan fingerprint density at radius 2 is 2.16 bits per heavy atom. The molecule has 0 bridgehead atoms. The van der Waals surface area contributed by atoms with E-state index in [0.717, 1.165) is 17.3 Å². The molecule has 0 aliphatic heterocycles. The highest BCUT2D eigenvalue weighted by molar-refractivity contribution is 9.09. The highest BCUT2D eigenvalue weighted by Gasteiger charge is 2.27. The fourth-order valence-corrected chi connectivity index (χ4v) is 3.61. The normalized spacial score (nSPS) is 22.5. The van der Waals surface area contributed by atoms with Gasteiger partial charge in [0.05, 0.1) is 6.42 Å². The Bertz CT molecular complexity index is 458. The highest BCUT2D eigenvalue weighted by Crippen LogP contribution is 2.27. The van der Waals surface area contributed by atoms with Crippen molar-refractivity contribution < 1.29 is 4.79 Å². The molecule has 1 amide bonds. The van der Waals surface area contributed by atoms with E-state index in [2.05, 4.69) is 53.3 Å². The summed E-state index contributed by atoms with van der Waals surface area (Å²) in [5.41, 5.74) is 3.56. The topological polar surface area (TPSA) is 29.1 Å². The molecule has 1 aromatic rings. The van der Waals surface area contributed by atoms with E-state index in [4.69, 9.17) is 0 Å². The predicted molar refractivity (Wildman–Crippen MR) is 82.7 cm³/mol. The number of hydrogen-bond acceptors (Lipinski definition) is 1. The van der Waals surface area contributed by atoms with E-state index in [1.54, 1.807) is 0 Å². The zero-order chi connectivity index (χ0) is 13.8. The fraction of sp³-hybridized carbons (Fsp3) is 0.562. The van der Waals surface area contributed by atoms with Crippen LogP contribution in [0.3, 0.4) is 0 Å². The Kier molecular flexibility index (Phi) is 5.03.